The molecule has 0 aromatic heterocycles. The summed E-state index contributed by atoms with van der Waals surface area (Å²) in [7, 11) is 0. The largest absolute Gasteiger partial charge is 0.378 e. The van der Waals surface area contributed by atoms with Crippen LogP contribution in [0.2, 0.25) is 0 Å². The quantitative estimate of drug-likeness (QED) is 0.561. The summed E-state index contributed by atoms with van der Waals surface area (Å²) in [6.07, 6.45) is 0.992. The Morgan fingerprint density at radius 1 is 1.21 bits per heavy atom. The first kappa shape index (κ1) is 11.8. The molecule has 19 heavy (non-hydrogen) atoms. The van der Waals surface area contributed by atoms with Gasteiger partial charge in [0, 0.05) is 11.4 Å². The van der Waals surface area contributed by atoms with Crippen LogP contribution in [0.5, 0.6) is 0 Å². The topological polar surface area (TPSA) is 47.9 Å². The van der Waals surface area contributed by atoms with Gasteiger partial charge in [-0.3, -0.25) is 5.41 Å². The van der Waals surface area contributed by atoms with Crippen LogP contribution in [0.1, 0.15) is 24.1 Å². The zero-order valence-electron chi connectivity index (χ0n) is 10.9. The molecular weight excluding hydrogens is 234 g/mol. The standard InChI is InChI=1S/C16H17N3/c1-11(17)18-14-7-8-15-13(9-14)10-16(19-15)12-5-3-2-4-6-12/h2-9,16,19H,10H2,1H3,(H2,17,18). The average molecular weight is 251 g/mol. The normalized spacial score (nSPS) is 16.6. The number of rotatable bonds is 2. The van der Waals surface area contributed by atoms with Gasteiger partial charge >= 0.3 is 0 Å². The minimum atomic E-state index is 0.354. The number of hydrogen-bond acceptors (Lipinski definition) is 2. The lowest BCUT2D eigenvalue weighted by Gasteiger charge is -2.10. The van der Waals surface area contributed by atoms with Gasteiger partial charge in [-0.1, -0.05) is 30.3 Å². The number of nitrogens with one attached hydrogen (secondary N) is 3. The summed E-state index contributed by atoms with van der Waals surface area (Å²) >= 11 is 0. The molecule has 3 nitrogen and oxygen atoms in total. The first-order chi connectivity index (χ1) is 9.22. The summed E-state index contributed by atoms with van der Waals surface area (Å²) in [4.78, 5) is 0. The third-order valence-corrected chi connectivity index (χ3v) is 3.39. The van der Waals surface area contributed by atoms with Crippen molar-refractivity contribution in [2.24, 2.45) is 0 Å². The molecule has 3 rings (SSSR count). The molecule has 0 saturated heterocycles. The van der Waals surface area contributed by atoms with E-state index in [2.05, 4.69) is 47.0 Å². The van der Waals surface area contributed by atoms with E-state index in [1.165, 1.54) is 16.8 Å². The van der Waals surface area contributed by atoms with E-state index in [9.17, 15) is 0 Å². The zero-order chi connectivity index (χ0) is 13.2. The van der Waals surface area contributed by atoms with Crippen LogP contribution in [0.15, 0.2) is 48.5 Å². The van der Waals surface area contributed by atoms with Crippen molar-refractivity contribution in [1.82, 2.24) is 0 Å². The lowest BCUT2D eigenvalue weighted by atomic mass is 10.0. The van der Waals surface area contributed by atoms with Crippen LogP contribution >= 0.6 is 0 Å². The van der Waals surface area contributed by atoms with Gasteiger partial charge in [0.2, 0.25) is 0 Å². The molecule has 0 radical (unpaired) electrons. The first-order valence-corrected chi connectivity index (χ1v) is 6.49. The van der Waals surface area contributed by atoms with Gasteiger partial charge in [0.1, 0.15) is 0 Å². The summed E-state index contributed by atoms with van der Waals surface area (Å²) < 4.78 is 0. The maximum Gasteiger partial charge on any atom is 0.0944 e. The van der Waals surface area contributed by atoms with Crippen molar-refractivity contribution in [2.45, 2.75) is 19.4 Å². The molecule has 2 aromatic carbocycles. The van der Waals surface area contributed by atoms with Gasteiger partial charge in [-0.15, -0.1) is 0 Å². The highest BCUT2D eigenvalue weighted by Gasteiger charge is 2.21. The Balaban J connectivity index is 1.82. The Bertz CT molecular complexity index is 605. The summed E-state index contributed by atoms with van der Waals surface area (Å²) in [5.74, 6) is 0.463. The minimum absolute atomic E-state index is 0.354. The van der Waals surface area contributed by atoms with E-state index >= 15 is 0 Å². The maximum absolute atomic E-state index is 7.48. The molecule has 0 saturated carbocycles. The van der Waals surface area contributed by atoms with Gasteiger partial charge in [-0.2, -0.15) is 0 Å². The molecule has 1 aliphatic rings. The minimum Gasteiger partial charge on any atom is -0.378 e. The van der Waals surface area contributed by atoms with Crippen molar-refractivity contribution < 1.29 is 0 Å². The molecule has 0 aliphatic carbocycles. The molecule has 0 fully saturated rings. The van der Waals surface area contributed by atoms with Gasteiger partial charge in [-0.25, -0.2) is 0 Å². The fourth-order valence-electron chi connectivity index (χ4n) is 2.54. The Kier molecular flexibility index (Phi) is 2.95. The van der Waals surface area contributed by atoms with E-state index in [1.54, 1.807) is 6.92 Å². The van der Waals surface area contributed by atoms with Crippen LogP contribution in [-0.4, -0.2) is 5.84 Å². The van der Waals surface area contributed by atoms with Gasteiger partial charge in [0.25, 0.3) is 0 Å². The smallest absolute Gasteiger partial charge is 0.0944 e. The number of benzene rings is 2. The SMILES string of the molecule is CC(=N)Nc1ccc2c(c1)CC(c1ccccc1)N2. The van der Waals surface area contributed by atoms with E-state index in [0.717, 1.165) is 12.1 Å². The Hall–Kier alpha value is -2.29. The Morgan fingerprint density at radius 3 is 2.74 bits per heavy atom. The second-order valence-electron chi connectivity index (χ2n) is 4.93. The molecule has 2 aromatic rings. The van der Waals surface area contributed by atoms with E-state index < -0.39 is 0 Å². The fraction of sp³-hybridized carbons (Fsp3) is 0.188. The monoisotopic (exact) mass is 251 g/mol. The summed E-state index contributed by atoms with van der Waals surface area (Å²) in [6, 6.07) is 17.1. The molecule has 0 amide bonds. The first-order valence-electron chi connectivity index (χ1n) is 6.49. The molecule has 3 heteroatoms. The van der Waals surface area contributed by atoms with E-state index in [1.807, 2.05) is 12.1 Å². The second kappa shape index (κ2) is 4.76. The molecule has 0 spiro atoms. The third kappa shape index (κ3) is 2.45. The van der Waals surface area contributed by atoms with Gasteiger partial charge < -0.3 is 10.6 Å². The van der Waals surface area contributed by atoms with Crippen molar-refractivity contribution in [1.29, 1.82) is 5.41 Å². The van der Waals surface area contributed by atoms with Crippen LogP contribution in [0.3, 0.4) is 0 Å². The Morgan fingerprint density at radius 2 is 2.00 bits per heavy atom. The predicted molar refractivity (Wildman–Crippen MR) is 80.0 cm³/mol. The molecule has 3 N–H and O–H groups in total. The van der Waals surface area contributed by atoms with E-state index in [-0.39, 0.29) is 0 Å². The average Bonchev–Trinajstić information content (AvgIpc) is 2.82. The fourth-order valence-corrected chi connectivity index (χ4v) is 2.54. The van der Waals surface area contributed by atoms with Crippen LogP contribution in [-0.2, 0) is 6.42 Å². The molecule has 0 bridgehead atoms. The van der Waals surface area contributed by atoms with Gasteiger partial charge in [-0.05, 0) is 42.7 Å². The maximum atomic E-state index is 7.48. The summed E-state index contributed by atoms with van der Waals surface area (Å²) in [5, 5.41) is 14.1. The molecule has 1 aliphatic heterocycles. The number of fused-ring (bicyclic) bond motifs is 1. The van der Waals surface area contributed by atoms with Crippen molar-refractivity contribution in [3.63, 3.8) is 0 Å². The lowest BCUT2D eigenvalue weighted by molar-refractivity contribution is 0.824. The van der Waals surface area contributed by atoms with E-state index in [0.29, 0.717) is 11.9 Å². The molecule has 1 atom stereocenters. The molecule has 1 unspecified atom stereocenters. The second-order valence-corrected chi connectivity index (χ2v) is 4.93. The van der Waals surface area contributed by atoms with Crippen molar-refractivity contribution in [2.75, 3.05) is 10.6 Å². The molecule has 96 valence electrons. The van der Waals surface area contributed by atoms with Crippen LogP contribution in [0.25, 0.3) is 0 Å². The van der Waals surface area contributed by atoms with Crippen molar-refractivity contribution >= 4 is 17.2 Å². The number of anilines is 2. The predicted octanol–water partition coefficient (Wildman–Crippen LogP) is 3.80. The molecular formula is C16H17N3. The highest BCUT2D eigenvalue weighted by molar-refractivity contribution is 5.91. The van der Waals surface area contributed by atoms with Crippen LogP contribution < -0.4 is 10.6 Å². The van der Waals surface area contributed by atoms with Gasteiger partial charge in [0.15, 0.2) is 0 Å². The molecule has 1 heterocycles. The summed E-state index contributed by atoms with van der Waals surface area (Å²) in [5.41, 5.74) is 4.81. The lowest BCUT2D eigenvalue weighted by Crippen LogP contribution is -2.04. The van der Waals surface area contributed by atoms with Crippen molar-refractivity contribution in [3.05, 3.63) is 59.7 Å². The summed E-state index contributed by atoms with van der Waals surface area (Å²) in [6.45, 7) is 1.75. The van der Waals surface area contributed by atoms with Crippen LogP contribution in [0.4, 0.5) is 11.4 Å². The zero-order valence-corrected chi connectivity index (χ0v) is 10.9. The Labute approximate surface area is 113 Å². The van der Waals surface area contributed by atoms with Gasteiger partial charge in [0.05, 0.1) is 11.9 Å². The highest BCUT2D eigenvalue weighted by Crippen LogP contribution is 2.35. The highest BCUT2D eigenvalue weighted by atomic mass is 15.0. The number of amidine groups is 1. The number of hydrogen-bond donors (Lipinski definition) is 3. The van der Waals surface area contributed by atoms with Crippen molar-refractivity contribution in [3.8, 4) is 0 Å². The van der Waals surface area contributed by atoms with E-state index in [4.69, 9.17) is 5.41 Å². The van der Waals surface area contributed by atoms with Crippen LogP contribution in [0, 0.1) is 5.41 Å². The third-order valence-electron chi connectivity index (χ3n) is 3.39.